The predicted molar refractivity (Wildman–Crippen MR) is 126 cm³/mol. The molecule has 0 spiro atoms. The Kier molecular flexibility index (Phi) is 5.36. The molecule has 1 fully saturated rings. The van der Waals surface area contributed by atoms with E-state index in [2.05, 4.69) is 27.0 Å². The lowest BCUT2D eigenvalue weighted by atomic mass is 10.2. The van der Waals surface area contributed by atoms with Crippen molar-refractivity contribution in [2.24, 2.45) is 0 Å². The highest BCUT2D eigenvalue weighted by atomic mass is 35.5. The van der Waals surface area contributed by atoms with Gasteiger partial charge in [-0.2, -0.15) is 0 Å². The molecular formula is C23H22ClN7O. The molecule has 1 N–H and O–H groups in total. The summed E-state index contributed by atoms with van der Waals surface area (Å²) in [5, 5.41) is 13.3. The molecule has 32 heavy (non-hydrogen) atoms. The lowest BCUT2D eigenvalue weighted by molar-refractivity contribution is 0.195. The minimum absolute atomic E-state index is 0.0813. The van der Waals surface area contributed by atoms with Gasteiger partial charge in [-0.1, -0.05) is 48.0 Å². The van der Waals surface area contributed by atoms with Gasteiger partial charge in [0.1, 0.15) is 0 Å². The minimum Gasteiger partial charge on any atom is -0.338 e. The summed E-state index contributed by atoms with van der Waals surface area (Å²) in [6.07, 6.45) is 1.67. The number of rotatable bonds is 4. The van der Waals surface area contributed by atoms with Gasteiger partial charge >= 0.3 is 6.03 Å². The number of benzene rings is 2. The smallest absolute Gasteiger partial charge is 0.317 e. The quantitative estimate of drug-likeness (QED) is 0.483. The Morgan fingerprint density at radius 1 is 1.09 bits per heavy atom. The van der Waals surface area contributed by atoms with E-state index >= 15 is 0 Å². The first-order valence-corrected chi connectivity index (χ1v) is 10.8. The SMILES string of the molecule is C=CCNC(=O)N1CCN(c2nc3cc(Cl)ccc3c3nnc(-c4ccccc4)n23)CC1. The van der Waals surface area contributed by atoms with E-state index in [0.717, 1.165) is 33.9 Å². The number of carbonyl (C=O) groups excluding carboxylic acids is 1. The average molecular weight is 448 g/mol. The van der Waals surface area contributed by atoms with Crippen LogP contribution in [0.25, 0.3) is 27.9 Å². The minimum atomic E-state index is -0.0813. The molecule has 0 atom stereocenters. The summed E-state index contributed by atoms with van der Waals surface area (Å²) in [4.78, 5) is 21.2. The number of fused-ring (bicyclic) bond motifs is 3. The first kappa shape index (κ1) is 20.3. The molecule has 8 nitrogen and oxygen atoms in total. The summed E-state index contributed by atoms with van der Waals surface area (Å²) in [5.74, 6) is 1.47. The fourth-order valence-electron chi connectivity index (χ4n) is 3.96. The molecule has 0 bridgehead atoms. The van der Waals surface area contributed by atoms with Crippen LogP contribution in [0.3, 0.4) is 0 Å². The highest BCUT2D eigenvalue weighted by molar-refractivity contribution is 6.31. The normalized spacial score (nSPS) is 14.2. The van der Waals surface area contributed by atoms with E-state index in [1.54, 1.807) is 11.0 Å². The predicted octanol–water partition coefficient (Wildman–Crippen LogP) is 3.62. The average Bonchev–Trinajstić information content (AvgIpc) is 3.28. The van der Waals surface area contributed by atoms with Crippen molar-refractivity contribution in [3.05, 3.63) is 66.2 Å². The zero-order chi connectivity index (χ0) is 22.1. The Morgan fingerprint density at radius 3 is 2.62 bits per heavy atom. The van der Waals surface area contributed by atoms with Crippen LogP contribution in [0, 0.1) is 0 Å². The number of piperazine rings is 1. The summed E-state index contributed by atoms with van der Waals surface area (Å²) in [6.45, 7) is 6.55. The Labute approximate surface area is 190 Å². The van der Waals surface area contributed by atoms with Crippen molar-refractivity contribution in [2.75, 3.05) is 37.6 Å². The van der Waals surface area contributed by atoms with Gasteiger partial charge in [0.15, 0.2) is 11.5 Å². The van der Waals surface area contributed by atoms with Gasteiger partial charge in [-0.05, 0) is 18.2 Å². The molecule has 1 aliphatic heterocycles. The second-order valence-electron chi connectivity index (χ2n) is 7.57. The number of anilines is 1. The third-order valence-electron chi connectivity index (χ3n) is 5.56. The standard InChI is InChI=1S/C23H22ClN7O/c1-2-10-25-23(32)30-13-11-29(12-14-30)22-26-19-15-17(24)8-9-18(19)21-28-27-20(31(21)22)16-6-4-3-5-7-16/h2-9,15H,1,10-14H2,(H,25,32). The van der Waals surface area contributed by atoms with Gasteiger partial charge < -0.3 is 15.1 Å². The van der Waals surface area contributed by atoms with Crippen molar-refractivity contribution < 1.29 is 4.79 Å². The summed E-state index contributed by atoms with van der Waals surface area (Å²) >= 11 is 6.25. The van der Waals surface area contributed by atoms with E-state index in [4.69, 9.17) is 16.6 Å². The monoisotopic (exact) mass is 447 g/mol. The van der Waals surface area contributed by atoms with E-state index in [0.29, 0.717) is 37.7 Å². The maximum atomic E-state index is 12.3. The maximum absolute atomic E-state index is 12.3. The molecule has 9 heteroatoms. The number of hydrogen-bond acceptors (Lipinski definition) is 5. The van der Waals surface area contributed by atoms with E-state index in [1.807, 2.05) is 52.9 Å². The highest BCUT2D eigenvalue weighted by Gasteiger charge is 2.25. The first-order chi connectivity index (χ1) is 15.7. The van der Waals surface area contributed by atoms with Crippen molar-refractivity contribution in [1.82, 2.24) is 29.8 Å². The van der Waals surface area contributed by atoms with Crippen LogP contribution in [0.15, 0.2) is 61.2 Å². The number of hydrogen-bond donors (Lipinski definition) is 1. The molecule has 2 amide bonds. The van der Waals surface area contributed by atoms with Crippen LogP contribution in [0.4, 0.5) is 10.7 Å². The summed E-state index contributed by atoms with van der Waals surface area (Å²) < 4.78 is 2.00. The molecule has 1 saturated heterocycles. The first-order valence-electron chi connectivity index (χ1n) is 10.4. The molecular weight excluding hydrogens is 426 g/mol. The summed E-state index contributed by atoms with van der Waals surface area (Å²) in [7, 11) is 0. The van der Waals surface area contributed by atoms with E-state index in [1.165, 1.54) is 0 Å². The topological polar surface area (TPSA) is 78.7 Å². The van der Waals surface area contributed by atoms with Gasteiger partial charge in [-0.25, -0.2) is 14.2 Å². The number of aromatic nitrogens is 4. The Morgan fingerprint density at radius 2 is 1.88 bits per heavy atom. The summed E-state index contributed by atoms with van der Waals surface area (Å²) in [5.41, 5.74) is 2.45. The third kappa shape index (κ3) is 3.62. The molecule has 0 unspecified atom stereocenters. The largest absolute Gasteiger partial charge is 0.338 e. The second kappa shape index (κ2) is 8.47. The Balaban J connectivity index is 1.57. The van der Waals surface area contributed by atoms with Gasteiger partial charge in [-0.15, -0.1) is 16.8 Å². The fourth-order valence-corrected chi connectivity index (χ4v) is 4.13. The van der Waals surface area contributed by atoms with Crippen LogP contribution in [0.5, 0.6) is 0 Å². The van der Waals surface area contributed by atoms with Crippen molar-refractivity contribution in [3.63, 3.8) is 0 Å². The lowest BCUT2D eigenvalue weighted by Gasteiger charge is -2.35. The molecule has 5 rings (SSSR count). The van der Waals surface area contributed by atoms with Crippen LogP contribution >= 0.6 is 11.6 Å². The molecule has 1 aliphatic rings. The molecule has 4 aromatic rings. The number of nitrogens with zero attached hydrogens (tertiary/aromatic N) is 6. The summed E-state index contributed by atoms with van der Waals surface area (Å²) in [6, 6.07) is 15.5. The number of nitrogens with one attached hydrogen (secondary N) is 1. The maximum Gasteiger partial charge on any atom is 0.317 e. The van der Waals surface area contributed by atoms with E-state index in [-0.39, 0.29) is 6.03 Å². The second-order valence-corrected chi connectivity index (χ2v) is 8.01. The van der Waals surface area contributed by atoms with Gasteiger partial charge in [-0.3, -0.25) is 0 Å². The molecule has 2 aromatic carbocycles. The van der Waals surface area contributed by atoms with Crippen LogP contribution in [0.1, 0.15) is 0 Å². The van der Waals surface area contributed by atoms with Crippen molar-refractivity contribution in [1.29, 1.82) is 0 Å². The van der Waals surface area contributed by atoms with E-state index < -0.39 is 0 Å². The van der Waals surface area contributed by atoms with Crippen LogP contribution in [-0.4, -0.2) is 63.2 Å². The number of urea groups is 1. The molecule has 0 radical (unpaired) electrons. The molecule has 0 saturated carbocycles. The fraction of sp³-hybridized carbons (Fsp3) is 0.217. The van der Waals surface area contributed by atoms with Gasteiger partial charge in [0.2, 0.25) is 5.95 Å². The third-order valence-corrected chi connectivity index (χ3v) is 5.80. The van der Waals surface area contributed by atoms with Crippen molar-refractivity contribution >= 4 is 40.1 Å². The van der Waals surface area contributed by atoms with Crippen molar-refractivity contribution in [2.45, 2.75) is 0 Å². The number of halogens is 1. The van der Waals surface area contributed by atoms with Crippen LogP contribution < -0.4 is 10.2 Å². The van der Waals surface area contributed by atoms with Gasteiger partial charge in [0.25, 0.3) is 0 Å². The molecule has 2 aromatic heterocycles. The van der Waals surface area contributed by atoms with Crippen molar-refractivity contribution in [3.8, 4) is 11.4 Å². The van der Waals surface area contributed by atoms with E-state index in [9.17, 15) is 4.79 Å². The lowest BCUT2D eigenvalue weighted by Crippen LogP contribution is -2.52. The highest BCUT2D eigenvalue weighted by Crippen LogP contribution is 2.30. The molecule has 162 valence electrons. The Hall–Kier alpha value is -3.65. The zero-order valence-electron chi connectivity index (χ0n) is 17.4. The van der Waals surface area contributed by atoms with Gasteiger partial charge in [0.05, 0.1) is 5.52 Å². The number of amides is 2. The van der Waals surface area contributed by atoms with Crippen LogP contribution in [0.2, 0.25) is 5.02 Å². The number of carbonyl (C=O) groups is 1. The van der Waals surface area contributed by atoms with Gasteiger partial charge in [0, 0.05) is 48.7 Å². The molecule has 3 heterocycles. The molecule has 0 aliphatic carbocycles. The Bertz CT molecular complexity index is 1300. The van der Waals surface area contributed by atoms with Crippen LogP contribution in [-0.2, 0) is 0 Å². The zero-order valence-corrected chi connectivity index (χ0v) is 18.2.